The highest BCUT2D eigenvalue weighted by atomic mass is 16.6. The number of nitrogens with zero attached hydrogens (tertiary/aromatic N) is 3. The van der Waals surface area contributed by atoms with Crippen molar-refractivity contribution in [2.75, 3.05) is 0 Å². The Hall–Kier alpha value is -2.57. The van der Waals surface area contributed by atoms with Crippen LogP contribution in [0.2, 0.25) is 0 Å². The monoisotopic (exact) mass is 249 g/mol. The number of benzene rings is 1. The maximum Gasteiger partial charge on any atom is 0.271 e. The summed E-state index contributed by atoms with van der Waals surface area (Å²) in [4.78, 5) is 21.1. The number of hydrogen-bond acceptors (Lipinski definition) is 6. The molecule has 0 radical (unpaired) electrons. The van der Waals surface area contributed by atoms with Gasteiger partial charge in [0.05, 0.1) is 10.6 Å². The molecular weight excluding hydrogens is 238 g/mol. The predicted octanol–water partition coefficient (Wildman–Crippen LogP) is 3.06. The first-order chi connectivity index (χ1) is 8.41. The minimum Gasteiger partial charge on any atom is -0.510 e. The Kier molecular flexibility index (Phi) is 4.25. The van der Waals surface area contributed by atoms with E-state index in [4.69, 9.17) is 0 Å². The highest BCUT2D eigenvalue weighted by Crippen LogP contribution is 2.21. The number of nitro groups is 1. The van der Waals surface area contributed by atoms with Crippen molar-refractivity contribution in [2.45, 2.75) is 13.8 Å². The molecule has 0 atom stereocenters. The van der Waals surface area contributed by atoms with E-state index in [1.54, 1.807) is 0 Å². The van der Waals surface area contributed by atoms with Gasteiger partial charge in [-0.15, -0.1) is 5.11 Å². The molecule has 0 aromatic heterocycles. The molecule has 0 bridgehead atoms. The van der Waals surface area contributed by atoms with E-state index in [2.05, 4.69) is 10.2 Å². The van der Waals surface area contributed by atoms with E-state index in [0.29, 0.717) is 0 Å². The molecule has 0 aliphatic rings. The van der Waals surface area contributed by atoms with Gasteiger partial charge in [0.2, 0.25) is 0 Å². The molecule has 0 aliphatic heterocycles. The molecule has 0 saturated carbocycles. The van der Waals surface area contributed by atoms with Crippen LogP contribution in [0.3, 0.4) is 0 Å². The largest absolute Gasteiger partial charge is 0.510 e. The van der Waals surface area contributed by atoms with Gasteiger partial charge in [-0.1, -0.05) is 6.07 Å². The van der Waals surface area contributed by atoms with Crippen LogP contribution >= 0.6 is 0 Å². The van der Waals surface area contributed by atoms with Gasteiger partial charge < -0.3 is 5.11 Å². The molecule has 0 saturated heterocycles. The molecule has 18 heavy (non-hydrogen) atoms. The van der Waals surface area contributed by atoms with Crippen LogP contribution in [0.5, 0.6) is 0 Å². The van der Waals surface area contributed by atoms with Crippen molar-refractivity contribution in [3.63, 3.8) is 0 Å². The van der Waals surface area contributed by atoms with Crippen molar-refractivity contribution in [3.8, 4) is 0 Å². The Bertz CT molecular complexity index is 545. The lowest BCUT2D eigenvalue weighted by molar-refractivity contribution is -0.384. The molecule has 7 heteroatoms. The van der Waals surface area contributed by atoms with Crippen molar-refractivity contribution < 1.29 is 14.8 Å². The zero-order valence-electron chi connectivity index (χ0n) is 9.82. The Morgan fingerprint density at radius 2 is 2.06 bits per heavy atom. The Labute approximate surface area is 103 Å². The van der Waals surface area contributed by atoms with Gasteiger partial charge in [0.25, 0.3) is 5.69 Å². The van der Waals surface area contributed by atoms with E-state index in [9.17, 15) is 20.0 Å². The molecular formula is C11H11N3O4. The lowest BCUT2D eigenvalue weighted by Gasteiger charge is -1.97. The summed E-state index contributed by atoms with van der Waals surface area (Å²) in [6, 6.07) is 5.49. The van der Waals surface area contributed by atoms with E-state index in [0.717, 1.165) is 0 Å². The third-order valence-electron chi connectivity index (χ3n) is 1.98. The number of carbonyl (C=O) groups is 1. The van der Waals surface area contributed by atoms with Crippen molar-refractivity contribution in [3.05, 3.63) is 45.8 Å². The topological polar surface area (TPSA) is 105 Å². The summed E-state index contributed by atoms with van der Waals surface area (Å²) in [5, 5.41) is 27.0. The maximum absolute atomic E-state index is 11.1. The van der Waals surface area contributed by atoms with Crippen LogP contribution in [0.4, 0.5) is 11.4 Å². The second-order valence-electron chi connectivity index (χ2n) is 3.47. The van der Waals surface area contributed by atoms with E-state index >= 15 is 0 Å². The molecule has 0 fully saturated rings. The number of non-ortho nitro benzene ring substituents is 1. The second kappa shape index (κ2) is 5.67. The van der Waals surface area contributed by atoms with Crippen LogP contribution in [-0.4, -0.2) is 15.8 Å². The van der Waals surface area contributed by atoms with Gasteiger partial charge in [0.15, 0.2) is 11.5 Å². The van der Waals surface area contributed by atoms with E-state index in [1.807, 2.05) is 0 Å². The Balaban J connectivity index is 3.04. The smallest absolute Gasteiger partial charge is 0.271 e. The molecule has 1 N–H and O–H groups in total. The molecule has 94 valence electrons. The third kappa shape index (κ3) is 3.48. The zero-order chi connectivity index (χ0) is 13.7. The van der Waals surface area contributed by atoms with Gasteiger partial charge in [0.1, 0.15) is 5.76 Å². The molecule has 1 aromatic carbocycles. The van der Waals surface area contributed by atoms with Gasteiger partial charge >= 0.3 is 0 Å². The quantitative estimate of drug-likeness (QED) is 0.291. The summed E-state index contributed by atoms with van der Waals surface area (Å²) in [5.41, 5.74) is -0.0776. The van der Waals surface area contributed by atoms with Gasteiger partial charge in [-0.3, -0.25) is 14.9 Å². The molecule has 0 aliphatic carbocycles. The normalized spacial score (nSPS) is 12.3. The molecule has 0 heterocycles. The van der Waals surface area contributed by atoms with Gasteiger partial charge in [0, 0.05) is 19.1 Å². The number of carbonyl (C=O) groups excluding carboxylic acids is 1. The van der Waals surface area contributed by atoms with Crippen LogP contribution < -0.4 is 0 Å². The summed E-state index contributed by atoms with van der Waals surface area (Å²) in [6.07, 6.45) is 0. The van der Waals surface area contributed by atoms with Gasteiger partial charge in [-0.2, -0.15) is 5.11 Å². The van der Waals surface area contributed by atoms with Crippen LogP contribution in [-0.2, 0) is 4.79 Å². The highest BCUT2D eigenvalue weighted by Gasteiger charge is 2.08. The van der Waals surface area contributed by atoms with Crippen molar-refractivity contribution in [1.29, 1.82) is 0 Å². The summed E-state index contributed by atoms with van der Waals surface area (Å²) in [6.45, 7) is 2.55. The fourth-order valence-corrected chi connectivity index (χ4v) is 1.17. The number of hydrogen-bond donors (Lipinski definition) is 1. The fraction of sp³-hybridized carbons (Fsp3) is 0.182. The van der Waals surface area contributed by atoms with E-state index < -0.39 is 10.7 Å². The van der Waals surface area contributed by atoms with Crippen LogP contribution in [0.1, 0.15) is 13.8 Å². The number of Topliss-reactive ketones (excluding diaryl/α,β-unsaturated/α-hetero) is 1. The van der Waals surface area contributed by atoms with Crippen molar-refractivity contribution in [2.24, 2.45) is 10.2 Å². The van der Waals surface area contributed by atoms with E-state index in [-0.39, 0.29) is 22.8 Å². The lowest BCUT2D eigenvalue weighted by atomic mass is 10.3. The standard InChI is InChI=1S/C11H11N3O4/c1-7(15)11(8(2)16)13-12-9-4-3-5-10(6-9)14(17)18/h3-6,15H,1-2H3/b11-7-,13-12?. The second-order valence-corrected chi connectivity index (χ2v) is 3.47. The SMILES string of the molecule is CC(=O)/C(N=Nc1cccc([N+](=O)[O-])c1)=C(\C)O. The van der Waals surface area contributed by atoms with Crippen LogP contribution in [0, 0.1) is 10.1 Å². The van der Waals surface area contributed by atoms with Gasteiger partial charge in [-0.25, -0.2) is 0 Å². The molecule has 1 rings (SSSR count). The number of aliphatic hydroxyl groups is 1. The Morgan fingerprint density at radius 3 is 2.56 bits per heavy atom. The third-order valence-corrected chi connectivity index (χ3v) is 1.98. The summed E-state index contributed by atoms with van der Waals surface area (Å²) in [5.74, 6) is -0.694. The average molecular weight is 249 g/mol. The van der Waals surface area contributed by atoms with Crippen LogP contribution in [0.15, 0.2) is 46.0 Å². The number of aliphatic hydroxyl groups excluding tert-OH is 1. The van der Waals surface area contributed by atoms with Crippen molar-refractivity contribution >= 4 is 17.2 Å². The minimum absolute atomic E-state index is 0.125. The first-order valence-electron chi connectivity index (χ1n) is 4.99. The molecule has 1 aromatic rings. The van der Waals surface area contributed by atoms with Crippen LogP contribution in [0.25, 0.3) is 0 Å². The number of ketones is 1. The number of allylic oxidation sites excluding steroid dienone is 2. The highest BCUT2D eigenvalue weighted by molar-refractivity contribution is 5.93. The van der Waals surface area contributed by atoms with Crippen molar-refractivity contribution in [1.82, 2.24) is 0 Å². The lowest BCUT2D eigenvalue weighted by Crippen LogP contribution is -1.96. The van der Waals surface area contributed by atoms with Gasteiger partial charge in [-0.05, 0) is 13.0 Å². The minimum atomic E-state index is -0.558. The molecule has 0 unspecified atom stereocenters. The first-order valence-corrected chi connectivity index (χ1v) is 4.99. The number of azo groups is 1. The number of nitro benzene ring substituents is 1. The summed E-state index contributed by atoms with van der Waals surface area (Å²) < 4.78 is 0. The molecule has 0 amide bonds. The zero-order valence-corrected chi connectivity index (χ0v) is 9.82. The summed E-state index contributed by atoms with van der Waals surface area (Å²) in [7, 11) is 0. The van der Waals surface area contributed by atoms with E-state index in [1.165, 1.54) is 38.1 Å². The molecule has 0 spiro atoms. The Morgan fingerprint density at radius 1 is 1.39 bits per heavy atom. The first kappa shape index (κ1) is 13.5. The number of rotatable bonds is 4. The maximum atomic E-state index is 11.1. The summed E-state index contributed by atoms with van der Waals surface area (Å²) >= 11 is 0. The average Bonchev–Trinajstić information content (AvgIpc) is 2.28. The molecule has 7 nitrogen and oxygen atoms in total. The fourth-order valence-electron chi connectivity index (χ4n) is 1.17. The predicted molar refractivity (Wildman–Crippen MR) is 63.6 cm³/mol.